The molecule has 1 aromatic rings. The number of aliphatic hydroxyl groups is 1. The lowest BCUT2D eigenvalue weighted by Crippen LogP contribution is -2.23. The molecule has 0 bridgehead atoms. The third kappa shape index (κ3) is 2.81. The van der Waals surface area contributed by atoms with Crippen molar-refractivity contribution in [2.75, 3.05) is 18.1 Å². The van der Waals surface area contributed by atoms with E-state index in [1.807, 2.05) is 0 Å². The molecule has 1 aliphatic heterocycles. The summed E-state index contributed by atoms with van der Waals surface area (Å²) in [4.78, 5) is 5.30. The second kappa shape index (κ2) is 4.81. The Morgan fingerprint density at radius 2 is 2.38 bits per heavy atom. The molecule has 0 aliphatic carbocycles. The number of aromatic nitrogens is 1. The van der Waals surface area contributed by atoms with Gasteiger partial charge in [0.05, 0.1) is 16.5 Å². The molecular formula is C10H15NO3S2. The molecule has 1 unspecified atom stereocenters. The molecule has 0 aromatic carbocycles. The van der Waals surface area contributed by atoms with Crippen molar-refractivity contribution in [3.05, 3.63) is 16.1 Å². The van der Waals surface area contributed by atoms with Gasteiger partial charge in [0.1, 0.15) is 0 Å². The third-order valence-electron chi connectivity index (χ3n) is 2.74. The summed E-state index contributed by atoms with van der Waals surface area (Å²) in [5, 5.41) is 9.71. The lowest BCUT2D eigenvalue weighted by molar-refractivity contribution is 0.300. The van der Waals surface area contributed by atoms with Crippen LogP contribution >= 0.6 is 11.3 Å². The van der Waals surface area contributed by atoms with E-state index in [1.54, 1.807) is 6.20 Å². The van der Waals surface area contributed by atoms with Crippen molar-refractivity contribution in [2.24, 2.45) is 0 Å². The van der Waals surface area contributed by atoms with Crippen LogP contribution in [0.3, 0.4) is 0 Å². The van der Waals surface area contributed by atoms with Gasteiger partial charge in [-0.2, -0.15) is 0 Å². The molecule has 0 radical (unpaired) electrons. The summed E-state index contributed by atoms with van der Waals surface area (Å²) in [6.45, 7) is 0.116. The van der Waals surface area contributed by atoms with E-state index in [9.17, 15) is 8.42 Å². The Balaban J connectivity index is 2.11. The van der Waals surface area contributed by atoms with Crippen LogP contribution in [0.4, 0.5) is 0 Å². The van der Waals surface area contributed by atoms with E-state index < -0.39 is 9.84 Å². The Morgan fingerprint density at radius 3 is 3.06 bits per heavy atom. The minimum Gasteiger partial charge on any atom is -0.396 e. The van der Waals surface area contributed by atoms with Crippen LogP contribution < -0.4 is 0 Å². The molecule has 0 spiro atoms. The highest BCUT2D eigenvalue weighted by Crippen LogP contribution is 2.31. The summed E-state index contributed by atoms with van der Waals surface area (Å²) < 4.78 is 23.0. The number of nitrogens with zero attached hydrogens (tertiary/aromatic N) is 1. The van der Waals surface area contributed by atoms with Crippen LogP contribution in [0.25, 0.3) is 0 Å². The average molecular weight is 261 g/mol. The smallest absolute Gasteiger partial charge is 0.151 e. The van der Waals surface area contributed by atoms with E-state index in [1.165, 1.54) is 11.3 Å². The molecule has 1 aromatic heterocycles. The number of thiazole rings is 1. The number of aliphatic hydroxyl groups excluding tert-OH is 1. The predicted octanol–water partition coefficient (Wildman–Crippen LogP) is 0.970. The normalized spacial score (nSPS) is 24.4. The summed E-state index contributed by atoms with van der Waals surface area (Å²) in [6, 6.07) is 0. The second-order valence-corrected chi connectivity index (χ2v) is 7.47. The Morgan fingerprint density at radius 1 is 1.56 bits per heavy atom. The fraction of sp³-hybridized carbons (Fsp3) is 0.700. The first-order chi connectivity index (χ1) is 7.61. The maximum Gasteiger partial charge on any atom is 0.151 e. The first kappa shape index (κ1) is 12.0. The van der Waals surface area contributed by atoms with Gasteiger partial charge in [-0.05, 0) is 12.8 Å². The number of rotatable bonds is 3. The van der Waals surface area contributed by atoms with Crippen LogP contribution in [0.15, 0.2) is 6.20 Å². The Bertz CT molecular complexity index is 452. The molecule has 0 amide bonds. The second-order valence-electron chi connectivity index (χ2n) is 4.09. The molecule has 2 heterocycles. The lowest BCUT2D eigenvalue weighted by Gasteiger charge is -2.19. The number of hydrogen-bond acceptors (Lipinski definition) is 5. The van der Waals surface area contributed by atoms with Crippen molar-refractivity contribution < 1.29 is 13.5 Å². The van der Waals surface area contributed by atoms with Gasteiger partial charge in [0, 0.05) is 30.0 Å². The highest BCUT2D eigenvalue weighted by molar-refractivity contribution is 7.91. The van der Waals surface area contributed by atoms with Gasteiger partial charge in [0.2, 0.25) is 0 Å². The summed E-state index contributed by atoms with van der Waals surface area (Å²) in [5.41, 5.74) is 0. The van der Waals surface area contributed by atoms with Gasteiger partial charge < -0.3 is 5.11 Å². The largest absolute Gasteiger partial charge is 0.396 e. The van der Waals surface area contributed by atoms with Crippen molar-refractivity contribution in [3.63, 3.8) is 0 Å². The molecule has 1 aliphatic rings. The zero-order valence-corrected chi connectivity index (χ0v) is 10.6. The van der Waals surface area contributed by atoms with Gasteiger partial charge in [-0.15, -0.1) is 11.3 Å². The molecule has 2 rings (SSSR count). The monoisotopic (exact) mass is 261 g/mol. The van der Waals surface area contributed by atoms with Crippen molar-refractivity contribution in [1.82, 2.24) is 4.98 Å². The van der Waals surface area contributed by atoms with Crippen molar-refractivity contribution in [3.8, 4) is 0 Å². The van der Waals surface area contributed by atoms with Gasteiger partial charge in [0.15, 0.2) is 9.84 Å². The fourth-order valence-electron chi connectivity index (χ4n) is 1.95. The zero-order valence-electron chi connectivity index (χ0n) is 8.92. The number of sulfone groups is 1. The first-order valence-electron chi connectivity index (χ1n) is 5.36. The molecular weight excluding hydrogens is 246 g/mol. The third-order valence-corrected chi connectivity index (χ3v) is 5.78. The summed E-state index contributed by atoms with van der Waals surface area (Å²) >= 11 is 1.53. The van der Waals surface area contributed by atoms with E-state index >= 15 is 0 Å². The van der Waals surface area contributed by atoms with Gasteiger partial charge in [-0.25, -0.2) is 13.4 Å². The van der Waals surface area contributed by atoms with Crippen LogP contribution in [-0.2, 0) is 16.3 Å². The van der Waals surface area contributed by atoms with E-state index in [-0.39, 0.29) is 18.3 Å². The van der Waals surface area contributed by atoms with Crippen LogP contribution in [0.5, 0.6) is 0 Å². The van der Waals surface area contributed by atoms with Gasteiger partial charge in [0.25, 0.3) is 0 Å². The molecule has 1 fully saturated rings. The fourth-order valence-corrected chi connectivity index (χ4v) is 4.81. The lowest BCUT2D eigenvalue weighted by atomic mass is 10.1. The van der Waals surface area contributed by atoms with Crippen LogP contribution in [0.2, 0.25) is 0 Å². The Hall–Kier alpha value is -0.460. The van der Waals surface area contributed by atoms with Crippen molar-refractivity contribution >= 4 is 21.2 Å². The first-order valence-corrected chi connectivity index (χ1v) is 8.00. The van der Waals surface area contributed by atoms with E-state index in [0.29, 0.717) is 12.2 Å². The summed E-state index contributed by atoms with van der Waals surface area (Å²) in [7, 11) is -2.87. The minimum absolute atomic E-state index is 0.0659. The topological polar surface area (TPSA) is 67.3 Å². The molecule has 0 saturated carbocycles. The highest BCUT2D eigenvalue weighted by atomic mass is 32.2. The summed E-state index contributed by atoms with van der Waals surface area (Å²) in [6.07, 6.45) is 4.00. The molecule has 1 atom stereocenters. The maximum atomic E-state index is 11.5. The van der Waals surface area contributed by atoms with Crippen molar-refractivity contribution in [2.45, 2.75) is 25.2 Å². The van der Waals surface area contributed by atoms with Gasteiger partial charge >= 0.3 is 0 Å². The molecule has 90 valence electrons. The Labute approximate surface area is 99.3 Å². The van der Waals surface area contributed by atoms with E-state index in [4.69, 9.17) is 5.11 Å². The average Bonchev–Trinajstić information content (AvgIpc) is 2.65. The van der Waals surface area contributed by atoms with Crippen LogP contribution in [0, 0.1) is 0 Å². The minimum atomic E-state index is -2.87. The van der Waals surface area contributed by atoms with Crippen molar-refractivity contribution in [1.29, 1.82) is 0 Å². The molecule has 16 heavy (non-hydrogen) atoms. The van der Waals surface area contributed by atoms with E-state index in [0.717, 1.165) is 22.7 Å². The van der Waals surface area contributed by atoms with Crippen LogP contribution in [0.1, 0.15) is 28.6 Å². The van der Waals surface area contributed by atoms with E-state index in [2.05, 4.69) is 4.98 Å². The molecule has 1 N–H and O–H groups in total. The zero-order chi connectivity index (χ0) is 11.6. The standard InChI is InChI=1S/C10H15NO3S2/c12-4-3-9-6-11-10(15-9)8-2-1-5-16(13,14)7-8/h6,8,12H,1-5,7H2. The molecule has 4 nitrogen and oxygen atoms in total. The van der Waals surface area contributed by atoms with Gasteiger partial charge in [-0.3, -0.25) is 0 Å². The quantitative estimate of drug-likeness (QED) is 0.880. The summed E-state index contributed by atoms with van der Waals surface area (Å²) in [5.74, 6) is 0.619. The highest BCUT2D eigenvalue weighted by Gasteiger charge is 2.27. The SMILES string of the molecule is O=S1(=O)CCCC(c2ncc(CCO)s2)C1. The molecule has 1 saturated heterocycles. The van der Waals surface area contributed by atoms with Crippen LogP contribution in [-0.4, -0.2) is 36.6 Å². The Kier molecular flexibility index (Phi) is 3.61. The molecule has 6 heteroatoms. The predicted molar refractivity (Wildman–Crippen MR) is 63.5 cm³/mol. The van der Waals surface area contributed by atoms with Gasteiger partial charge in [-0.1, -0.05) is 0 Å². The maximum absolute atomic E-state index is 11.5. The number of hydrogen-bond donors (Lipinski definition) is 1.